The van der Waals surface area contributed by atoms with Crippen molar-refractivity contribution in [3.63, 3.8) is 0 Å². The SMILES string of the molecule is N[C@@H](Cc1cc(F)cc(F)c1)[C@H](O)[C@@H]1Cc2ccccc2CN1C1c2ccccc2CCc2ccccc21. The van der Waals surface area contributed by atoms with E-state index in [2.05, 4.69) is 71.6 Å². The quantitative estimate of drug-likeness (QED) is 0.372. The molecule has 0 bridgehead atoms. The predicted octanol–water partition coefficient (Wildman–Crippen LogP) is 5.51. The molecule has 3 atom stereocenters. The number of aryl methyl sites for hydroxylation is 2. The summed E-state index contributed by atoms with van der Waals surface area (Å²) in [5, 5.41) is 11.8. The number of nitrogens with two attached hydrogens (primary N) is 1. The third kappa shape index (κ3) is 4.78. The average Bonchev–Trinajstić information content (AvgIpc) is 3.08. The minimum Gasteiger partial charge on any atom is -0.390 e. The van der Waals surface area contributed by atoms with Crippen molar-refractivity contribution in [1.29, 1.82) is 0 Å². The number of halogens is 2. The number of hydrogen-bond acceptors (Lipinski definition) is 3. The molecule has 0 fully saturated rings. The Hall–Kier alpha value is -3.38. The predicted molar refractivity (Wildman–Crippen MR) is 146 cm³/mol. The van der Waals surface area contributed by atoms with Gasteiger partial charge in [0.05, 0.1) is 12.1 Å². The zero-order chi connectivity index (χ0) is 26.2. The molecule has 1 aliphatic carbocycles. The molecule has 0 radical (unpaired) electrons. The second kappa shape index (κ2) is 10.4. The van der Waals surface area contributed by atoms with Crippen molar-refractivity contribution in [2.24, 2.45) is 5.73 Å². The number of fused-ring (bicyclic) bond motifs is 3. The highest BCUT2D eigenvalue weighted by Crippen LogP contribution is 2.41. The monoisotopic (exact) mass is 510 g/mol. The van der Waals surface area contributed by atoms with Gasteiger partial charge in [0.15, 0.2) is 0 Å². The molecule has 0 unspecified atom stereocenters. The molecular formula is C33H32F2N2O. The first kappa shape index (κ1) is 24.9. The highest BCUT2D eigenvalue weighted by Gasteiger charge is 2.40. The summed E-state index contributed by atoms with van der Waals surface area (Å²) in [5.41, 5.74) is 14.6. The maximum Gasteiger partial charge on any atom is 0.126 e. The maximum absolute atomic E-state index is 13.9. The van der Waals surface area contributed by atoms with Crippen LogP contribution >= 0.6 is 0 Å². The zero-order valence-electron chi connectivity index (χ0n) is 21.2. The van der Waals surface area contributed by atoms with Crippen molar-refractivity contribution >= 4 is 0 Å². The summed E-state index contributed by atoms with van der Waals surface area (Å²) in [6, 6.07) is 28.0. The topological polar surface area (TPSA) is 49.5 Å². The van der Waals surface area contributed by atoms with E-state index < -0.39 is 23.8 Å². The van der Waals surface area contributed by atoms with Gasteiger partial charge in [-0.3, -0.25) is 4.90 Å². The molecule has 4 aromatic carbocycles. The lowest BCUT2D eigenvalue weighted by molar-refractivity contribution is 0.00588. The van der Waals surface area contributed by atoms with Gasteiger partial charge in [0.1, 0.15) is 11.6 Å². The molecule has 38 heavy (non-hydrogen) atoms. The minimum atomic E-state index is -0.905. The normalized spacial score (nSPS) is 19.1. The second-order valence-electron chi connectivity index (χ2n) is 10.6. The summed E-state index contributed by atoms with van der Waals surface area (Å²) in [7, 11) is 0. The van der Waals surface area contributed by atoms with Crippen molar-refractivity contribution in [3.05, 3.63) is 142 Å². The van der Waals surface area contributed by atoms with Crippen LogP contribution in [0.5, 0.6) is 0 Å². The number of nitrogens with zero attached hydrogens (tertiary/aromatic N) is 1. The highest BCUT2D eigenvalue weighted by atomic mass is 19.1. The molecule has 0 saturated carbocycles. The first-order chi connectivity index (χ1) is 18.5. The lowest BCUT2D eigenvalue weighted by Gasteiger charge is -2.46. The molecule has 5 heteroatoms. The molecule has 0 aromatic heterocycles. The van der Waals surface area contributed by atoms with Gasteiger partial charge < -0.3 is 10.8 Å². The fraction of sp³-hybridized carbons (Fsp3) is 0.273. The van der Waals surface area contributed by atoms with Crippen LogP contribution in [-0.2, 0) is 32.2 Å². The van der Waals surface area contributed by atoms with Crippen molar-refractivity contribution in [3.8, 4) is 0 Å². The van der Waals surface area contributed by atoms with Crippen LogP contribution in [0.25, 0.3) is 0 Å². The summed E-state index contributed by atoms with van der Waals surface area (Å²) in [5.74, 6) is -1.27. The van der Waals surface area contributed by atoms with E-state index in [9.17, 15) is 13.9 Å². The Labute approximate surface area is 222 Å². The molecule has 1 aliphatic heterocycles. The Morgan fingerprint density at radius 3 is 1.89 bits per heavy atom. The van der Waals surface area contributed by atoms with E-state index in [-0.39, 0.29) is 18.5 Å². The first-order valence-electron chi connectivity index (χ1n) is 13.3. The highest BCUT2D eigenvalue weighted by molar-refractivity contribution is 5.45. The number of hydrogen-bond donors (Lipinski definition) is 2. The molecule has 2 aliphatic rings. The number of benzene rings is 4. The standard InChI is InChI=1S/C33H32F2N2O/c34-26-15-21(16-27(35)19-26)17-30(36)33(38)31-18-24-9-1-2-10-25(24)20-37(31)32-28-11-5-3-7-22(28)13-14-23-8-4-6-12-29(23)32/h1-12,15-16,19,30-33,38H,13-14,17-18,20,36H2/t30-,31-,33-/m0/s1. The van der Waals surface area contributed by atoms with Crippen LogP contribution in [-0.4, -0.2) is 28.2 Å². The minimum absolute atomic E-state index is 0.0447. The fourth-order valence-corrected chi connectivity index (χ4v) is 6.43. The third-order valence-electron chi connectivity index (χ3n) is 8.25. The van der Waals surface area contributed by atoms with Crippen LogP contribution in [0.15, 0.2) is 91.0 Å². The number of aliphatic hydroxyl groups is 1. The van der Waals surface area contributed by atoms with E-state index in [1.54, 1.807) is 0 Å². The van der Waals surface area contributed by atoms with Crippen LogP contribution < -0.4 is 5.73 Å². The summed E-state index contributed by atoms with van der Waals surface area (Å²) >= 11 is 0. The Bertz CT molecular complexity index is 1390. The van der Waals surface area contributed by atoms with Gasteiger partial charge in [-0.05, 0) is 76.8 Å². The summed E-state index contributed by atoms with van der Waals surface area (Å²) < 4.78 is 27.7. The largest absolute Gasteiger partial charge is 0.390 e. The molecule has 4 aromatic rings. The Morgan fingerprint density at radius 2 is 1.29 bits per heavy atom. The molecular weight excluding hydrogens is 478 g/mol. The van der Waals surface area contributed by atoms with Gasteiger partial charge in [-0.2, -0.15) is 0 Å². The van der Waals surface area contributed by atoms with Crippen LogP contribution in [0.3, 0.4) is 0 Å². The second-order valence-corrected chi connectivity index (χ2v) is 10.6. The van der Waals surface area contributed by atoms with Gasteiger partial charge in [-0.15, -0.1) is 0 Å². The number of aliphatic hydroxyl groups excluding tert-OH is 1. The van der Waals surface area contributed by atoms with Crippen LogP contribution in [0.1, 0.15) is 45.0 Å². The van der Waals surface area contributed by atoms with E-state index in [0.29, 0.717) is 18.5 Å². The Balaban J connectivity index is 1.42. The lowest BCUT2D eigenvalue weighted by atomic mass is 9.83. The van der Waals surface area contributed by atoms with Gasteiger partial charge in [0.25, 0.3) is 0 Å². The van der Waals surface area contributed by atoms with Gasteiger partial charge in [-0.1, -0.05) is 72.8 Å². The van der Waals surface area contributed by atoms with Crippen molar-refractivity contribution < 1.29 is 13.9 Å². The van der Waals surface area contributed by atoms with Gasteiger partial charge in [-0.25, -0.2) is 8.78 Å². The average molecular weight is 511 g/mol. The summed E-state index contributed by atoms with van der Waals surface area (Å²) in [6.45, 7) is 0.673. The van der Waals surface area contributed by atoms with E-state index >= 15 is 0 Å². The fourth-order valence-electron chi connectivity index (χ4n) is 6.43. The van der Waals surface area contributed by atoms with Crippen molar-refractivity contribution in [1.82, 2.24) is 4.90 Å². The van der Waals surface area contributed by atoms with Crippen LogP contribution in [0.4, 0.5) is 8.78 Å². The van der Waals surface area contributed by atoms with E-state index in [0.717, 1.165) is 18.9 Å². The Kier molecular flexibility index (Phi) is 6.83. The van der Waals surface area contributed by atoms with Crippen LogP contribution in [0.2, 0.25) is 0 Å². The summed E-state index contributed by atoms with van der Waals surface area (Å²) in [4.78, 5) is 2.40. The summed E-state index contributed by atoms with van der Waals surface area (Å²) in [6.07, 6.45) is 1.85. The van der Waals surface area contributed by atoms with Crippen molar-refractivity contribution in [2.75, 3.05) is 0 Å². The molecule has 0 amide bonds. The van der Waals surface area contributed by atoms with E-state index in [1.807, 2.05) is 6.07 Å². The zero-order valence-corrected chi connectivity index (χ0v) is 21.2. The van der Waals surface area contributed by atoms with Crippen LogP contribution in [0, 0.1) is 11.6 Å². The van der Waals surface area contributed by atoms with E-state index in [4.69, 9.17) is 5.73 Å². The molecule has 3 nitrogen and oxygen atoms in total. The van der Waals surface area contributed by atoms with Gasteiger partial charge >= 0.3 is 0 Å². The molecule has 6 rings (SSSR count). The van der Waals surface area contributed by atoms with Gasteiger partial charge in [0.2, 0.25) is 0 Å². The van der Waals surface area contributed by atoms with Gasteiger partial charge in [0, 0.05) is 24.7 Å². The maximum atomic E-state index is 13.9. The Morgan fingerprint density at radius 1 is 0.763 bits per heavy atom. The molecule has 194 valence electrons. The first-order valence-corrected chi connectivity index (χ1v) is 13.3. The van der Waals surface area contributed by atoms with E-state index in [1.165, 1.54) is 45.5 Å². The molecule has 1 heterocycles. The molecule has 0 saturated heterocycles. The lowest BCUT2D eigenvalue weighted by Crippen LogP contribution is -2.55. The molecule has 0 spiro atoms. The molecule has 3 N–H and O–H groups in total. The smallest absolute Gasteiger partial charge is 0.126 e. The van der Waals surface area contributed by atoms with Crippen molar-refractivity contribution in [2.45, 2.75) is 56.5 Å². The number of rotatable bonds is 5. The third-order valence-corrected chi connectivity index (χ3v) is 8.25.